The summed E-state index contributed by atoms with van der Waals surface area (Å²) in [5.41, 5.74) is 0. The predicted octanol–water partition coefficient (Wildman–Crippen LogP) is 3.76. The van der Waals surface area contributed by atoms with E-state index in [1.54, 1.807) is 0 Å². The molecule has 14 heavy (non-hydrogen) atoms. The van der Waals surface area contributed by atoms with Gasteiger partial charge in [-0.15, -0.1) is 6.58 Å². The number of hydrogen-bond donors (Lipinski definition) is 1. The highest BCUT2D eigenvalue weighted by atomic mass is 14.8. The van der Waals surface area contributed by atoms with Crippen LogP contribution in [0.5, 0.6) is 0 Å². The quantitative estimate of drug-likeness (QED) is 0.415. The minimum absolute atomic E-state index is 0.841. The van der Waals surface area contributed by atoms with Gasteiger partial charge in [-0.25, -0.2) is 0 Å². The maximum atomic E-state index is 3.73. The van der Waals surface area contributed by atoms with Crippen molar-refractivity contribution in [2.75, 3.05) is 13.6 Å². The lowest BCUT2D eigenvalue weighted by atomic mass is 10.0. The van der Waals surface area contributed by atoms with Crippen LogP contribution in [0.4, 0.5) is 0 Å². The van der Waals surface area contributed by atoms with Gasteiger partial charge in [0.1, 0.15) is 0 Å². The van der Waals surface area contributed by atoms with Crippen molar-refractivity contribution in [1.82, 2.24) is 5.32 Å². The van der Waals surface area contributed by atoms with E-state index in [-0.39, 0.29) is 0 Å². The van der Waals surface area contributed by atoms with E-state index >= 15 is 0 Å². The third-order valence-corrected chi connectivity index (χ3v) is 2.66. The van der Waals surface area contributed by atoms with Gasteiger partial charge >= 0.3 is 0 Å². The minimum Gasteiger partial charge on any atom is -0.319 e. The molecule has 1 N–H and O–H groups in total. The van der Waals surface area contributed by atoms with Crippen molar-refractivity contribution in [3.63, 3.8) is 0 Å². The Morgan fingerprint density at radius 2 is 1.79 bits per heavy atom. The molecule has 0 spiro atoms. The van der Waals surface area contributed by atoms with E-state index in [0.29, 0.717) is 0 Å². The molecule has 0 rings (SSSR count). The Kier molecular flexibility index (Phi) is 10.5. The van der Waals surface area contributed by atoms with Gasteiger partial charge < -0.3 is 5.32 Å². The summed E-state index contributed by atoms with van der Waals surface area (Å²) in [5.74, 6) is 0.841. The van der Waals surface area contributed by atoms with E-state index in [9.17, 15) is 0 Å². The molecule has 0 aliphatic rings. The van der Waals surface area contributed by atoms with Gasteiger partial charge in [-0.1, -0.05) is 38.7 Å². The molecule has 0 aromatic carbocycles. The molecule has 0 saturated heterocycles. The standard InChI is InChI=1S/C13H27N/c1-4-5-6-7-8-9-10-11-13(2)12-14-3/h4,13-14H,1,5-12H2,2-3H3. The van der Waals surface area contributed by atoms with Gasteiger partial charge in [-0.05, 0) is 38.8 Å². The van der Waals surface area contributed by atoms with Crippen molar-refractivity contribution in [2.24, 2.45) is 5.92 Å². The van der Waals surface area contributed by atoms with Gasteiger partial charge in [0.15, 0.2) is 0 Å². The lowest BCUT2D eigenvalue weighted by molar-refractivity contribution is 0.467. The highest BCUT2D eigenvalue weighted by Gasteiger charge is 1.99. The molecule has 0 saturated carbocycles. The van der Waals surface area contributed by atoms with Crippen molar-refractivity contribution in [3.8, 4) is 0 Å². The lowest BCUT2D eigenvalue weighted by Gasteiger charge is -2.09. The van der Waals surface area contributed by atoms with Gasteiger partial charge in [0.2, 0.25) is 0 Å². The third-order valence-electron chi connectivity index (χ3n) is 2.66. The van der Waals surface area contributed by atoms with Crippen LogP contribution in [0, 0.1) is 5.92 Å². The molecule has 0 fully saturated rings. The van der Waals surface area contributed by atoms with E-state index in [4.69, 9.17) is 0 Å². The molecule has 0 bridgehead atoms. The molecule has 84 valence electrons. The van der Waals surface area contributed by atoms with Gasteiger partial charge in [-0.3, -0.25) is 0 Å². The first kappa shape index (κ1) is 13.7. The maximum absolute atomic E-state index is 3.73. The summed E-state index contributed by atoms with van der Waals surface area (Å²) in [6.45, 7) is 7.22. The van der Waals surface area contributed by atoms with Gasteiger partial charge in [0.05, 0.1) is 0 Å². The molecule has 0 radical (unpaired) electrons. The highest BCUT2D eigenvalue weighted by molar-refractivity contribution is 4.65. The average Bonchev–Trinajstić information content (AvgIpc) is 2.17. The number of rotatable bonds is 10. The molecule has 1 nitrogen and oxygen atoms in total. The predicted molar refractivity (Wildman–Crippen MR) is 65.6 cm³/mol. The van der Waals surface area contributed by atoms with Gasteiger partial charge in [0.25, 0.3) is 0 Å². The van der Waals surface area contributed by atoms with E-state index < -0.39 is 0 Å². The highest BCUT2D eigenvalue weighted by Crippen LogP contribution is 2.11. The Balaban J connectivity index is 3.01. The lowest BCUT2D eigenvalue weighted by Crippen LogP contribution is -2.15. The number of allylic oxidation sites excluding steroid dienone is 1. The maximum Gasteiger partial charge on any atom is -0.00262 e. The third kappa shape index (κ3) is 9.79. The largest absolute Gasteiger partial charge is 0.319 e. The Labute approximate surface area is 90.0 Å². The molecule has 1 unspecified atom stereocenters. The van der Waals surface area contributed by atoms with Crippen molar-refractivity contribution < 1.29 is 0 Å². The van der Waals surface area contributed by atoms with E-state index in [0.717, 1.165) is 12.5 Å². The summed E-state index contributed by atoms with van der Waals surface area (Å²) in [6, 6.07) is 0. The SMILES string of the molecule is C=CCCCCCCCC(C)CNC. The first-order valence-electron chi connectivity index (χ1n) is 6.06. The average molecular weight is 197 g/mol. The molecular formula is C13H27N. The molecule has 0 aromatic heterocycles. The van der Waals surface area contributed by atoms with Crippen LogP contribution in [0.15, 0.2) is 12.7 Å². The number of unbranched alkanes of at least 4 members (excludes halogenated alkanes) is 5. The molecular weight excluding hydrogens is 170 g/mol. The summed E-state index contributed by atoms with van der Waals surface area (Å²) in [5, 5.41) is 3.23. The van der Waals surface area contributed by atoms with Crippen molar-refractivity contribution in [1.29, 1.82) is 0 Å². The Hall–Kier alpha value is -0.300. The van der Waals surface area contributed by atoms with Crippen molar-refractivity contribution in [3.05, 3.63) is 12.7 Å². The molecule has 0 heterocycles. The van der Waals surface area contributed by atoms with E-state index in [1.807, 2.05) is 13.1 Å². The molecule has 1 heteroatoms. The second kappa shape index (κ2) is 10.8. The first-order chi connectivity index (χ1) is 6.81. The molecule has 1 atom stereocenters. The van der Waals surface area contributed by atoms with Crippen LogP contribution in [0.2, 0.25) is 0 Å². The Morgan fingerprint density at radius 3 is 2.43 bits per heavy atom. The first-order valence-corrected chi connectivity index (χ1v) is 6.06. The zero-order chi connectivity index (χ0) is 10.6. The monoisotopic (exact) mass is 197 g/mol. The topological polar surface area (TPSA) is 12.0 Å². The molecule has 0 aliphatic heterocycles. The summed E-state index contributed by atoms with van der Waals surface area (Å²) >= 11 is 0. The van der Waals surface area contributed by atoms with Gasteiger partial charge in [0, 0.05) is 0 Å². The van der Waals surface area contributed by atoms with Crippen LogP contribution in [-0.4, -0.2) is 13.6 Å². The molecule has 0 aliphatic carbocycles. The summed E-state index contributed by atoms with van der Waals surface area (Å²) in [4.78, 5) is 0. The van der Waals surface area contributed by atoms with Gasteiger partial charge in [-0.2, -0.15) is 0 Å². The van der Waals surface area contributed by atoms with Crippen LogP contribution in [-0.2, 0) is 0 Å². The van der Waals surface area contributed by atoms with E-state index in [1.165, 1.54) is 44.9 Å². The number of nitrogens with one attached hydrogen (secondary N) is 1. The van der Waals surface area contributed by atoms with Crippen LogP contribution >= 0.6 is 0 Å². The molecule has 0 aromatic rings. The fourth-order valence-electron chi connectivity index (χ4n) is 1.76. The van der Waals surface area contributed by atoms with Crippen molar-refractivity contribution in [2.45, 2.75) is 51.9 Å². The summed E-state index contributed by atoms with van der Waals surface area (Å²) in [7, 11) is 2.03. The Morgan fingerprint density at radius 1 is 1.14 bits per heavy atom. The summed E-state index contributed by atoms with van der Waals surface area (Å²) in [6.07, 6.45) is 11.5. The van der Waals surface area contributed by atoms with Crippen LogP contribution in [0.25, 0.3) is 0 Å². The van der Waals surface area contributed by atoms with Crippen LogP contribution in [0.1, 0.15) is 51.9 Å². The molecule has 0 amide bonds. The fourth-order valence-corrected chi connectivity index (χ4v) is 1.76. The van der Waals surface area contributed by atoms with Crippen molar-refractivity contribution >= 4 is 0 Å². The fraction of sp³-hybridized carbons (Fsp3) is 0.846. The zero-order valence-corrected chi connectivity index (χ0v) is 10.0. The summed E-state index contributed by atoms with van der Waals surface area (Å²) < 4.78 is 0. The number of hydrogen-bond acceptors (Lipinski definition) is 1. The smallest absolute Gasteiger partial charge is 0.00262 e. The second-order valence-corrected chi connectivity index (χ2v) is 4.30. The van der Waals surface area contributed by atoms with E-state index in [2.05, 4.69) is 18.8 Å². The minimum atomic E-state index is 0.841. The Bertz CT molecular complexity index is 120. The van der Waals surface area contributed by atoms with Crippen LogP contribution in [0.3, 0.4) is 0 Å². The zero-order valence-electron chi connectivity index (χ0n) is 10.0. The van der Waals surface area contributed by atoms with Crippen LogP contribution < -0.4 is 5.32 Å². The second-order valence-electron chi connectivity index (χ2n) is 4.30. The normalized spacial score (nSPS) is 12.7.